The molecular formula is C24H30N5O8P. The number of nitrogens with zero attached hydrogens (tertiary/aromatic N) is 4. The summed E-state index contributed by atoms with van der Waals surface area (Å²) in [6, 6.07) is 8.72. The number of amides is 1. The van der Waals surface area contributed by atoms with Crippen LogP contribution in [0.2, 0.25) is 0 Å². The Labute approximate surface area is 219 Å². The lowest BCUT2D eigenvalue weighted by Gasteiger charge is -2.30. The SMILES string of the molecule is CCOP(=O)(OCC)[C@H](O)[C@H]1O[C@@H](n2cnc3c(NC(=O)c4ccccc4)ncnc32)[C@@H]2OC(C)(C)O[C@@H]21. The second-order valence-electron chi connectivity index (χ2n) is 9.21. The number of fused-ring (bicyclic) bond motifs is 2. The van der Waals surface area contributed by atoms with Crippen molar-refractivity contribution in [2.45, 2.75) is 63.9 Å². The molecule has 2 aliphatic heterocycles. The van der Waals surface area contributed by atoms with Gasteiger partial charge in [-0.15, -0.1) is 0 Å². The number of aliphatic hydroxyl groups excluding tert-OH is 1. The molecule has 2 fully saturated rings. The number of hydrogen-bond donors (Lipinski definition) is 2. The monoisotopic (exact) mass is 547 g/mol. The summed E-state index contributed by atoms with van der Waals surface area (Å²) in [5, 5.41) is 13.9. The first-order valence-corrected chi connectivity index (χ1v) is 13.9. The predicted molar refractivity (Wildman–Crippen MR) is 134 cm³/mol. The Morgan fingerprint density at radius 3 is 2.50 bits per heavy atom. The number of imidazole rings is 1. The minimum atomic E-state index is -3.96. The Bertz CT molecular complexity index is 1340. The molecule has 3 aromatic rings. The molecule has 0 spiro atoms. The van der Waals surface area contributed by atoms with Gasteiger partial charge in [0.1, 0.15) is 24.6 Å². The third-order valence-electron chi connectivity index (χ3n) is 6.20. The van der Waals surface area contributed by atoms with Gasteiger partial charge in [-0.05, 0) is 39.8 Å². The van der Waals surface area contributed by atoms with Crippen LogP contribution in [0.15, 0.2) is 43.0 Å². The van der Waals surface area contributed by atoms with E-state index in [2.05, 4.69) is 20.3 Å². The number of aliphatic hydroxyl groups is 1. The van der Waals surface area contributed by atoms with Crippen molar-refractivity contribution in [3.8, 4) is 0 Å². The van der Waals surface area contributed by atoms with Crippen LogP contribution in [0, 0.1) is 0 Å². The van der Waals surface area contributed by atoms with Crippen molar-refractivity contribution < 1.29 is 37.7 Å². The van der Waals surface area contributed by atoms with E-state index in [1.54, 1.807) is 56.5 Å². The summed E-state index contributed by atoms with van der Waals surface area (Å²) < 4.78 is 44.1. The Balaban J connectivity index is 1.47. The van der Waals surface area contributed by atoms with Crippen LogP contribution in [-0.2, 0) is 27.8 Å². The molecule has 1 aromatic carbocycles. The molecule has 4 heterocycles. The highest BCUT2D eigenvalue weighted by Crippen LogP contribution is 2.57. The standard InChI is InChI=1S/C24H30N5O8P/c1-5-33-38(32,34-6-2)23(31)18-16-17(37-24(3,4)36-16)22(35-18)29-13-27-15-19(25-12-26-20(15)29)28-21(30)14-10-8-7-9-11-14/h7-13,16-18,22-23,31H,5-6H2,1-4H3,(H,25,26,28,30)/t16-,17+,18-,22+,23-/m0/s1. The molecule has 0 radical (unpaired) electrons. The summed E-state index contributed by atoms with van der Waals surface area (Å²) in [5.74, 6) is -2.77. The first kappa shape index (κ1) is 26.8. The van der Waals surface area contributed by atoms with Crippen molar-refractivity contribution in [3.05, 3.63) is 48.5 Å². The smallest absolute Gasteiger partial charge is 0.361 e. The van der Waals surface area contributed by atoms with Gasteiger partial charge in [-0.25, -0.2) is 15.0 Å². The highest BCUT2D eigenvalue weighted by atomic mass is 31.2. The first-order valence-electron chi connectivity index (χ1n) is 12.3. The van der Waals surface area contributed by atoms with Gasteiger partial charge in [-0.3, -0.25) is 13.9 Å². The van der Waals surface area contributed by atoms with Crippen LogP contribution >= 0.6 is 7.60 Å². The van der Waals surface area contributed by atoms with E-state index in [1.165, 1.54) is 12.7 Å². The van der Waals surface area contributed by atoms with E-state index in [1.807, 2.05) is 6.07 Å². The van der Waals surface area contributed by atoms with Crippen molar-refractivity contribution >= 4 is 30.5 Å². The van der Waals surface area contributed by atoms with Gasteiger partial charge in [0, 0.05) is 5.56 Å². The van der Waals surface area contributed by atoms with Gasteiger partial charge in [0.25, 0.3) is 5.91 Å². The zero-order valence-corrected chi connectivity index (χ0v) is 22.3. The number of hydrogen-bond acceptors (Lipinski definition) is 11. The molecule has 2 aromatic heterocycles. The van der Waals surface area contributed by atoms with Crippen LogP contribution in [0.3, 0.4) is 0 Å². The second kappa shape index (κ2) is 10.4. The molecule has 14 heteroatoms. The maximum absolute atomic E-state index is 13.4. The summed E-state index contributed by atoms with van der Waals surface area (Å²) in [4.78, 5) is 25.7. The summed E-state index contributed by atoms with van der Waals surface area (Å²) in [6.45, 7) is 6.93. The fourth-order valence-electron chi connectivity index (χ4n) is 4.70. The predicted octanol–water partition coefficient (Wildman–Crippen LogP) is 3.08. The highest BCUT2D eigenvalue weighted by Gasteiger charge is 2.61. The molecule has 0 bridgehead atoms. The van der Waals surface area contributed by atoms with Crippen LogP contribution in [0.4, 0.5) is 5.82 Å². The number of carbonyl (C=O) groups excluding carboxylic acids is 1. The molecule has 5 atom stereocenters. The van der Waals surface area contributed by atoms with Crippen molar-refractivity contribution in [1.82, 2.24) is 19.5 Å². The molecule has 1 amide bonds. The van der Waals surface area contributed by atoms with Gasteiger partial charge >= 0.3 is 7.60 Å². The number of rotatable bonds is 9. The van der Waals surface area contributed by atoms with Gasteiger partial charge in [0.15, 0.2) is 34.8 Å². The number of anilines is 1. The van der Waals surface area contributed by atoms with Gasteiger partial charge in [0.05, 0.1) is 19.5 Å². The maximum Gasteiger partial charge on any atom is 0.361 e. The van der Waals surface area contributed by atoms with E-state index in [0.717, 1.165) is 0 Å². The zero-order chi connectivity index (χ0) is 27.1. The molecule has 204 valence electrons. The lowest BCUT2D eigenvalue weighted by Crippen LogP contribution is -2.39. The molecule has 0 saturated carbocycles. The Morgan fingerprint density at radius 2 is 1.82 bits per heavy atom. The number of carbonyl (C=O) groups is 1. The molecule has 0 unspecified atom stereocenters. The van der Waals surface area contributed by atoms with E-state index in [-0.39, 0.29) is 24.9 Å². The summed E-state index contributed by atoms with van der Waals surface area (Å²) >= 11 is 0. The molecule has 0 aliphatic carbocycles. The zero-order valence-electron chi connectivity index (χ0n) is 21.4. The number of ether oxygens (including phenoxy) is 3. The quantitative estimate of drug-likeness (QED) is 0.380. The normalized spacial score (nSPS) is 25.4. The van der Waals surface area contributed by atoms with Crippen molar-refractivity contribution in [2.75, 3.05) is 18.5 Å². The van der Waals surface area contributed by atoms with E-state index in [0.29, 0.717) is 16.7 Å². The van der Waals surface area contributed by atoms with E-state index < -0.39 is 43.8 Å². The van der Waals surface area contributed by atoms with Crippen LogP contribution in [0.25, 0.3) is 11.2 Å². The van der Waals surface area contributed by atoms with Crippen LogP contribution in [-0.4, -0.2) is 73.7 Å². The summed E-state index contributed by atoms with van der Waals surface area (Å²) in [7, 11) is -3.96. The first-order chi connectivity index (χ1) is 18.2. The van der Waals surface area contributed by atoms with Crippen LogP contribution < -0.4 is 5.32 Å². The summed E-state index contributed by atoms with van der Waals surface area (Å²) in [6.07, 6.45) is -0.698. The second-order valence-corrected chi connectivity index (χ2v) is 11.3. The Hall–Kier alpha value is -2.77. The number of nitrogens with one attached hydrogen (secondary N) is 1. The minimum absolute atomic E-state index is 0.0714. The van der Waals surface area contributed by atoms with Gasteiger partial charge in [-0.1, -0.05) is 18.2 Å². The third-order valence-corrected chi connectivity index (χ3v) is 8.38. The maximum atomic E-state index is 13.4. The van der Waals surface area contributed by atoms with E-state index in [4.69, 9.17) is 23.3 Å². The lowest BCUT2D eigenvalue weighted by atomic mass is 10.1. The van der Waals surface area contributed by atoms with Gasteiger partial charge in [0.2, 0.25) is 0 Å². The average molecular weight is 548 g/mol. The highest BCUT2D eigenvalue weighted by molar-refractivity contribution is 7.54. The average Bonchev–Trinajstić information content (AvgIpc) is 3.55. The largest absolute Gasteiger partial charge is 0.378 e. The molecule has 5 rings (SSSR count). The van der Waals surface area contributed by atoms with Crippen LogP contribution in [0.1, 0.15) is 44.3 Å². The third kappa shape index (κ3) is 4.87. The fourth-order valence-corrected chi connectivity index (χ4v) is 6.40. The number of aromatic nitrogens is 4. The Morgan fingerprint density at radius 1 is 1.13 bits per heavy atom. The van der Waals surface area contributed by atoms with Gasteiger partial charge < -0.3 is 33.7 Å². The molecule has 2 saturated heterocycles. The fraction of sp³-hybridized carbons (Fsp3) is 0.500. The van der Waals surface area contributed by atoms with Crippen molar-refractivity contribution in [2.24, 2.45) is 0 Å². The molecular weight excluding hydrogens is 517 g/mol. The molecule has 13 nitrogen and oxygen atoms in total. The van der Waals surface area contributed by atoms with Crippen molar-refractivity contribution in [1.29, 1.82) is 0 Å². The van der Waals surface area contributed by atoms with E-state index >= 15 is 0 Å². The molecule has 38 heavy (non-hydrogen) atoms. The summed E-state index contributed by atoms with van der Waals surface area (Å²) in [5.41, 5.74) is 1.14. The minimum Gasteiger partial charge on any atom is -0.378 e. The van der Waals surface area contributed by atoms with E-state index in [9.17, 15) is 14.5 Å². The Kier molecular flexibility index (Phi) is 7.35. The lowest BCUT2D eigenvalue weighted by molar-refractivity contribution is -0.203. The van der Waals surface area contributed by atoms with Crippen molar-refractivity contribution in [3.63, 3.8) is 0 Å². The van der Waals surface area contributed by atoms with Crippen LogP contribution in [0.5, 0.6) is 0 Å². The number of benzene rings is 1. The topological polar surface area (TPSA) is 156 Å². The molecule has 2 N–H and O–H groups in total. The van der Waals surface area contributed by atoms with Gasteiger partial charge in [-0.2, -0.15) is 0 Å². The molecule has 2 aliphatic rings.